The number of nitrogens with zero attached hydrogens (tertiary/aromatic N) is 1. The number of Topliss-reactive ketones (excluding diaryl/α,β-unsaturated/α-hetero) is 1. The maximum absolute atomic E-state index is 12.9. The Kier molecular flexibility index (Phi) is 4.46. The van der Waals surface area contributed by atoms with Gasteiger partial charge in [0.05, 0.1) is 12.2 Å². The summed E-state index contributed by atoms with van der Waals surface area (Å²) in [5.41, 5.74) is 1.07. The quantitative estimate of drug-likeness (QED) is 0.810. The van der Waals surface area contributed by atoms with Gasteiger partial charge in [0.2, 0.25) is 0 Å². The molecular formula is C18H16FNO4. The summed E-state index contributed by atoms with van der Waals surface area (Å²) in [5, 5.41) is 0. The average molecular weight is 329 g/mol. The SMILES string of the molecule is CC(=O)c1ccc2c(c1)N(C(=O)COc1ccc(F)cc1)CCO2. The fourth-order valence-electron chi connectivity index (χ4n) is 2.45. The Bertz CT molecular complexity index is 773. The van der Waals surface area contributed by atoms with Gasteiger partial charge in [-0.3, -0.25) is 9.59 Å². The molecule has 6 heteroatoms. The first-order chi connectivity index (χ1) is 11.5. The molecule has 2 aromatic rings. The molecule has 0 N–H and O–H groups in total. The fraction of sp³-hybridized carbons (Fsp3) is 0.222. The Morgan fingerprint density at radius 2 is 1.96 bits per heavy atom. The first-order valence-electron chi connectivity index (χ1n) is 7.51. The summed E-state index contributed by atoms with van der Waals surface area (Å²) in [4.78, 5) is 25.6. The summed E-state index contributed by atoms with van der Waals surface area (Å²) >= 11 is 0. The monoisotopic (exact) mass is 329 g/mol. The van der Waals surface area contributed by atoms with Gasteiger partial charge in [0, 0.05) is 5.56 Å². The zero-order valence-electron chi connectivity index (χ0n) is 13.1. The van der Waals surface area contributed by atoms with E-state index in [0.29, 0.717) is 35.9 Å². The minimum Gasteiger partial charge on any atom is -0.490 e. The molecule has 124 valence electrons. The normalized spacial score (nSPS) is 13.0. The van der Waals surface area contributed by atoms with Gasteiger partial charge in [-0.05, 0) is 49.4 Å². The lowest BCUT2D eigenvalue weighted by Gasteiger charge is -2.29. The smallest absolute Gasteiger partial charge is 0.265 e. The van der Waals surface area contributed by atoms with E-state index in [1.54, 1.807) is 18.2 Å². The van der Waals surface area contributed by atoms with Gasteiger partial charge in [0.1, 0.15) is 23.9 Å². The zero-order valence-corrected chi connectivity index (χ0v) is 13.1. The van der Waals surface area contributed by atoms with Gasteiger partial charge >= 0.3 is 0 Å². The zero-order chi connectivity index (χ0) is 17.1. The van der Waals surface area contributed by atoms with E-state index in [4.69, 9.17) is 9.47 Å². The third kappa shape index (κ3) is 3.37. The summed E-state index contributed by atoms with van der Waals surface area (Å²) in [6.45, 7) is 2.03. The molecule has 1 amide bonds. The molecule has 0 aromatic heterocycles. The van der Waals surface area contributed by atoms with Crippen molar-refractivity contribution in [2.45, 2.75) is 6.92 Å². The molecule has 1 aliphatic heterocycles. The van der Waals surface area contributed by atoms with E-state index >= 15 is 0 Å². The number of carbonyl (C=O) groups excluding carboxylic acids is 2. The van der Waals surface area contributed by atoms with Crippen molar-refractivity contribution in [3.05, 3.63) is 53.8 Å². The number of hydrogen-bond donors (Lipinski definition) is 0. The van der Waals surface area contributed by atoms with Crippen molar-refractivity contribution in [2.75, 3.05) is 24.7 Å². The molecule has 5 nitrogen and oxygen atoms in total. The molecule has 2 aromatic carbocycles. The van der Waals surface area contributed by atoms with Gasteiger partial charge < -0.3 is 14.4 Å². The molecular weight excluding hydrogens is 313 g/mol. The Morgan fingerprint density at radius 3 is 2.67 bits per heavy atom. The van der Waals surface area contributed by atoms with Crippen LogP contribution >= 0.6 is 0 Å². The second-order valence-corrected chi connectivity index (χ2v) is 5.38. The maximum atomic E-state index is 12.9. The van der Waals surface area contributed by atoms with Crippen LogP contribution in [0.2, 0.25) is 0 Å². The van der Waals surface area contributed by atoms with Crippen LogP contribution < -0.4 is 14.4 Å². The van der Waals surface area contributed by atoms with E-state index in [1.165, 1.54) is 36.1 Å². The summed E-state index contributed by atoms with van der Waals surface area (Å²) in [7, 11) is 0. The molecule has 1 heterocycles. The van der Waals surface area contributed by atoms with E-state index in [-0.39, 0.29) is 24.1 Å². The molecule has 3 rings (SSSR count). The molecule has 0 aliphatic carbocycles. The minimum atomic E-state index is -0.368. The largest absolute Gasteiger partial charge is 0.490 e. The fourth-order valence-corrected chi connectivity index (χ4v) is 2.45. The van der Waals surface area contributed by atoms with Crippen molar-refractivity contribution in [3.8, 4) is 11.5 Å². The van der Waals surface area contributed by atoms with Crippen LogP contribution in [0.5, 0.6) is 11.5 Å². The molecule has 0 atom stereocenters. The number of rotatable bonds is 4. The number of halogens is 1. The van der Waals surface area contributed by atoms with Crippen molar-refractivity contribution >= 4 is 17.4 Å². The van der Waals surface area contributed by atoms with Crippen LogP contribution in [0, 0.1) is 5.82 Å². The summed E-state index contributed by atoms with van der Waals surface area (Å²) < 4.78 is 23.8. The van der Waals surface area contributed by atoms with Gasteiger partial charge in [-0.1, -0.05) is 0 Å². The lowest BCUT2D eigenvalue weighted by atomic mass is 10.1. The first kappa shape index (κ1) is 16.0. The summed E-state index contributed by atoms with van der Waals surface area (Å²) in [6.07, 6.45) is 0. The number of hydrogen-bond acceptors (Lipinski definition) is 4. The molecule has 0 bridgehead atoms. The van der Waals surface area contributed by atoms with Gasteiger partial charge in [-0.15, -0.1) is 0 Å². The van der Waals surface area contributed by atoms with Crippen LogP contribution in [0.4, 0.5) is 10.1 Å². The van der Waals surface area contributed by atoms with Gasteiger partial charge in [-0.2, -0.15) is 0 Å². The highest BCUT2D eigenvalue weighted by Crippen LogP contribution is 2.32. The number of carbonyl (C=O) groups is 2. The predicted octanol–water partition coefficient (Wildman–Crippen LogP) is 2.83. The Labute approximate surface area is 138 Å². The highest BCUT2D eigenvalue weighted by molar-refractivity contribution is 6.00. The van der Waals surface area contributed by atoms with Crippen molar-refractivity contribution < 1.29 is 23.5 Å². The molecule has 0 radical (unpaired) electrons. The molecule has 0 unspecified atom stereocenters. The van der Waals surface area contributed by atoms with E-state index < -0.39 is 0 Å². The molecule has 0 saturated heterocycles. The summed E-state index contributed by atoms with van der Waals surface area (Å²) in [6, 6.07) is 10.5. The Balaban J connectivity index is 1.75. The van der Waals surface area contributed by atoms with E-state index in [2.05, 4.69) is 0 Å². The Morgan fingerprint density at radius 1 is 1.21 bits per heavy atom. The van der Waals surface area contributed by atoms with E-state index in [0.717, 1.165) is 0 Å². The molecule has 1 aliphatic rings. The lowest BCUT2D eigenvalue weighted by molar-refractivity contribution is -0.120. The van der Waals surface area contributed by atoms with Gasteiger partial charge in [0.25, 0.3) is 5.91 Å². The molecule has 0 spiro atoms. The van der Waals surface area contributed by atoms with Crippen LogP contribution in [-0.2, 0) is 4.79 Å². The average Bonchev–Trinajstić information content (AvgIpc) is 2.60. The molecule has 24 heavy (non-hydrogen) atoms. The van der Waals surface area contributed by atoms with Crippen molar-refractivity contribution in [2.24, 2.45) is 0 Å². The van der Waals surface area contributed by atoms with E-state index in [9.17, 15) is 14.0 Å². The topological polar surface area (TPSA) is 55.8 Å². The minimum absolute atomic E-state index is 0.0849. The standard InChI is InChI=1S/C18H16FNO4/c1-12(21)13-2-7-17-16(10-13)20(8-9-23-17)18(22)11-24-15-5-3-14(19)4-6-15/h2-7,10H,8-9,11H2,1H3. The highest BCUT2D eigenvalue weighted by atomic mass is 19.1. The van der Waals surface area contributed by atoms with Crippen LogP contribution in [-0.4, -0.2) is 31.4 Å². The van der Waals surface area contributed by atoms with Crippen LogP contribution in [0.25, 0.3) is 0 Å². The summed E-state index contributed by atoms with van der Waals surface area (Å²) in [5.74, 6) is 0.257. The number of anilines is 1. The van der Waals surface area contributed by atoms with Gasteiger partial charge in [-0.25, -0.2) is 4.39 Å². The van der Waals surface area contributed by atoms with Crippen molar-refractivity contribution in [1.82, 2.24) is 0 Å². The van der Waals surface area contributed by atoms with Crippen molar-refractivity contribution in [1.29, 1.82) is 0 Å². The van der Waals surface area contributed by atoms with Crippen LogP contribution in [0.1, 0.15) is 17.3 Å². The molecule has 0 fully saturated rings. The second-order valence-electron chi connectivity index (χ2n) is 5.38. The third-order valence-corrected chi connectivity index (χ3v) is 3.71. The number of amides is 1. The third-order valence-electron chi connectivity index (χ3n) is 3.71. The number of ether oxygens (including phenoxy) is 2. The highest BCUT2D eigenvalue weighted by Gasteiger charge is 2.24. The lowest BCUT2D eigenvalue weighted by Crippen LogP contribution is -2.40. The second kappa shape index (κ2) is 6.70. The van der Waals surface area contributed by atoms with Crippen molar-refractivity contribution in [3.63, 3.8) is 0 Å². The Hall–Kier alpha value is -2.89. The number of fused-ring (bicyclic) bond motifs is 1. The number of benzene rings is 2. The van der Waals surface area contributed by atoms with Gasteiger partial charge in [0.15, 0.2) is 12.4 Å². The first-order valence-corrected chi connectivity index (χ1v) is 7.51. The maximum Gasteiger partial charge on any atom is 0.265 e. The predicted molar refractivity (Wildman–Crippen MR) is 86.2 cm³/mol. The van der Waals surface area contributed by atoms with Crippen LogP contribution in [0.15, 0.2) is 42.5 Å². The molecule has 0 saturated carbocycles. The van der Waals surface area contributed by atoms with E-state index in [1.807, 2.05) is 0 Å². The van der Waals surface area contributed by atoms with Crippen LogP contribution in [0.3, 0.4) is 0 Å². The number of ketones is 1.